The van der Waals surface area contributed by atoms with Gasteiger partial charge in [-0.1, -0.05) is 46.0 Å². The largest absolute Gasteiger partial charge is 0.355 e. The lowest BCUT2D eigenvalue weighted by Gasteiger charge is -2.04. The van der Waals surface area contributed by atoms with Crippen LogP contribution in [0, 0.1) is 0 Å². The molecule has 12 heavy (non-hydrogen) atoms. The van der Waals surface area contributed by atoms with Crippen LogP contribution in [0.4, 0.5) is 0 Å². The number of hydrogen-bond acceptors (Lipinski definition) is 0. The van der Waals surface area contributed by atoms with Crippen molar-refractivity contribution in [2.75, 3.05) is 0 Å². The van der Waals surface area contributed by atoms with E-state index in [1.807, 2.05) is 0 Å². The van der Waals surface area contributed by atoms with Gasteiger partial charge in [0.1, 0.15) is 0 Å². The fourth-order valence-corrected chi connectivity index (χ4v) is 1.42. The topological polar surface area (TPSA) is 27.6 Å². The van der Waals surface area contributed by atoms with Crippen molar-refractivity contribution in [3.8, 4) is 0 Å². The van der Waals surface area contributed by atoms with Crippen molar-refractivity contribution < 1.29 is 5.73 Å². The van der Waals surface area contributed by atoms with Crippen LogP contribution in [-0.4, -0.2) is 6.04 Å². The zero-order chi connectivity index (χ0) is 9.23. The fraction of sp³-hybridized carbons (Fsp3) is 1.00. The Bertz CT molecular complexity index is 81.1. The lowest BCUT2D eigenvalue weighted by atomic mass is 10.1. The Labute approximate surface area is 77.7 Å². The molecule has 0 bridgehead atoms. The van der Waals surface area contributed by atoms with Crippen molar-refractivity contribution >= 4 is 0 Å². The third kappa shape index (κ3) is 8.06. The molecule has 0 spiro atoms. The van der Waals surface area contributed by atoms with Gasteiger partial charge in [-0.15, -0.1) is 0 Å². The predicted octanol–water partition coefficient (Wildman–Crippen LogP) is 2.76. The first kappa shape index (κ1) is 12.0. The van der Waals surface area contributed by atoms with Crippen LogP contribution in [-0.2, 0) is 0 Å². The minimum Gasteiger partial charge on any atom is -0.355 e. The first-order valence-electron chi connectivity index (χ1n) is 5.64. The summed E-state index contributed by atoms with van der Waals surface area (Å²) in [7, 11) is 0. The van der Waals surface area contributed by atoms with E-state index in [1.165, 1.54) is 51.4 Å². The fourth-order valence-electron chi connectivity index (χ4n) is 1.42. The van der Waals surface area contributed by atoms with Crippen LogP contribution in [0.15, 0.2) is 0 Å². The van der Waals surface area contributed by atoms with Crippen molar-refractivity contribution in [1.82, 2.24) is 0 Å². The Kier molecular flexibility index (Phi) is 9.02. The van der Waals surface area contributed by atoms with Gasteiger partial charge >= 0.3 is 0 Å². The summed E-state index contributed by atoms with van der Waals surface area (Å²) in [6.07, 6.45) is 11.0. The van der Waals surface area contributed by atoms with E-state index in [-0.39, 0.29) is 0 Å². The second kappa shape index (κ2) is 9.05. The maximum absolute atomic E-state index is 4.09. The summed E-state index contributed by atoms with van der Waals surface area (Å²) in [5.74, 6) is 0. The molecular weight excluding hydrogens is 146 g/mol. The Balaban J connectivity index is 2.90. The van der Waals surface area contributed by atoms with Gasteiger partial charge in [0.15, 0.2) is 0 Å². The molecule has 1 heteroatoms. The molecule has 1 atom stereocenters. The van der Waals surface area contributed by atoms with Gasteiger partial charge in [0.05, 0.1) is 6.04 Å². The molecule has 0 aromatic carbocycles. The molecule has 0 heterocycles. The molecule has 0 aliphatic rings. The lowest BCUT2D eigenvalue weighted by Crippen LogP contribution is -2.60. The normalized spacial score (nSPS) is 13.2. The summed E-state index contributed by atoms with van der Waals surface area (Å²) in [6, 6.07) is 0.705. The van der Waals surface area contributed by atoms with Gasteiger partial charge in [0.2, 0.25) is 0 Å². The molecule has 0 rings (SSSR count). The van der Waals surface area contributed by atoms with Gasteiger partial charge in [0, 0.05) is 0 Å². The highest BCUT2D eigenvalue weighted by Gasteiger charge is 2.00. The van der Waals surface area contributed by atoms with E-state index >= 15 is 0 Å². The molecule has 1 nitrogen and oxygen atoms in total. The van der Waals surface area contributed by atoms with E-state index in [1.54, 1.807) is 0 Å². The molecule has 0 saturated heterocycles. The Morgan fingerprint density at radius 3 is 2.08 bits per heavy atom. The summed E-state index contributed by atoms with van der Waals surface area (Å²) >= 11 is 0. The molecule has 0 aromatic heterocycles. The highest BCUT2D eigenvalue weighted by molar-refractivity contribution is 4.51. The molecule has 0 aliphatic heterocycles. The average molecular weight is 172 g/mol. The van der Waals surface area contributed by atoms with Gasteiger partial charge in [-0.3, -0.25) is 0 Å². The minimum atomic E-state index is 0.705. The van der Waals surface area contributed by atoms with Gasteiger partial charge < -0.3 is 5.73 Å². The summed E-state index contributed by atoms with van der Waals surface area (Å²) in [4.78, 5) is 0. The molecule has 0 radical (unpaired) electrons. The van der Waals surface area contributed by atoms with Crippen molar-refractivity contribution in [2.24, 2.45) is 0 Å². The lowest BCUT2D eigenvalue weighted by molar-refractivity contribution is -0.421. The molecule has 0 amide bonds. The van der Waals surface area contributed by atoms with E-state index in [0.29, 0.717) is 6.04 Å². The van der Waals surface area contributed by atoms with E-state index < -0.39 is 0 Å². The quantitative estimate of drug-likeness (QED) is 0.545. The van der Waals surface area contributed by atoms with Crippen molar-refractivity contribution in [2.45, 2.75) is 71.3 Å². The maximum Gasteiger partial charge on any atom is 0.0840 e. The predicted molar refractivity (Wildman–Crippen MR) is 55.0 cm³/mol. The zero-order valence-electron chi connectivity index (χ0n) is 8.94. The SMILES string of the molecule is CCCCCCCCC([NH3+])CC. The second-order valence-corrected chi connectivity index (χ2v) is 3.83. The van der Waals surface area contributed by atoms with E-state index in [9.17, 15) is 0 Å². The average Bonchev–Trinajstić information content (AvgIpc) is 2.10. The summed E-state index contributed by atoms with van der Waals surface area (Å²) < 4.78 is 0. The Hall–Kier alpha value is -0.0400. The van der Waals surface area contributed by atoms with Crippen LogP contribution in [0.5, 0.6) is 0 Å². The van der Waals surface area contributed by atoms with Crippen LogP contribution in [0.25, 0.3) is 0 Å². The van der Waals surface area contributed by atoms with Crippen LogP contribution >= 0.6 is 0 Å². The molecule has 0 aliphatic carbocycles. The first-order valence-corrected chi connectivity index (χ1v) is 5.64. The second-order valence-electron chi connectivity index (χ2n) is 3.83. The molecule has 0 fully saturated rings. The number of unbranched alkanes of at least 4 members (excludes halogenated alkanes) is 5. The highest BCUT2D eigenvalue weighted by atomic mass is 14.6. The smallest absolute Gasteiger partial charge is 0.0840 e. The van der Waals surface area contributed by atoms with E-state index in [0.717, 1.165) is 0 Å². The number of quaternary nitrogens is 1. The standard InChI is InChI=1S/C11H25N/c1-3-5-6-7-8-9-10-11(12)4-2/h11H,3-10,12H2,1-2H3/p+1. The molecular formula is C11H26N+. The van der Waals surface area contributed by atoms with Gasteiger partial charge in [-0.25, -0.2) is 0 Å². The van der Waals surface area contributed by atoms with Crippen molar-refractivity contribution in [3.05, 3.63) is 0 Å². The monoisotopic (exact) mass is 172 g/mol. The zero-order valence-corrected chi connectivity index (χ0v) is 8.94. The number of rotatable bonds is 8. The molecule has 74 valence electrons. The van der Waals surface area contributed by atoms with E-state index in [4.69, 9.17) is 0 Å². The third-order valence-corrected chi connectivity index (χ3v) is 2.54. The van der Waals surface area contributed by atoms with Gasteiger partial charge in [-0.05, 0) is 19.3 Å². The molecule has 0 saturated carbocycles. The first-order chi connectivity index (χ1) is 5.81. The van der Waals surface area contributed by atoms with Crippen molar-refractivity contribution in [1.29, 1.82) is 0 Å². The van der Waals surface area contributed by atoms with Crippen LogP contribution < -0.4 is 5.73 Å². The van der Waals surface area contributed by atoms with E-state index in [2.05, 4.69) is 19.6 Å². The molecule has 3 N–H and O–H groups in total. The third-order valence-electron chi connectivity index (χ3n) is 2.54. The van der Waals surface area contributed by atoms with Crippen LogP contribution in [0.1, 0.15) is 65.2 Å². The van der Waals surface area contributed by atoms with Gasteiger partial charge in [-0.2, -0.15) is 0 Å². The highest BCUT2D eigenvalue weighted by Crippen LogP contribution is 2.08. The Morgan fingerprint density at radius 1 is 0.917 bits per heavy atom. The molecule has 0 aromatic rings. The summed E-state index contributed by atoms with van der Waals surface area (Å²) in [5.41, 5.74) is 4.09. The maximum atomic E-state index is 4.09. The summed E-state index contributed by atoms with van der Waals surface area (Å²) in [6.45, 7) is 4.50. The van der Waals surface area contributed by atoms with Crippen molar-refractivity contribution in [3.63, 3.8) is 0 Å². The number of hydrogen-bond donors (Lipinski definition) is 1. The molecule has 1 unspecified atom stereocenters. The van der Waals surface area contributed by atoms with Crippen LogP contribution in [0.2, 0.25) is 0 Å². The minimum absolute atomic E-state index is 0.705. The Morgan fingerprint density at radius 2 is 1.50 bits per heavy atom. The summed E-state index contributed by atoms with van der Waals surface area (Å²) in [5, 5.41) is 0. The van der Waals surface area contributed by atoms with Crippen LogP contribution in [0.3, 0.4) is 0 Å². The van der Waals surface area contributed by atoms with Gasteiger partial charge in [0.25, 0.3) is 0 Å².